The molecule has 1 amide bonds. The van der Waals surface area contributed by atoms with Gasteiger partial charge in [-0.3, -0.25) is 19.1 Å². The van der Waals surface area contributed by atoms with E-state index in [1.54, 1.807) is 65.9 Å². The maximum Gasteiger partial charge on any atom is 0.223 e. The van der Waals surface area contributed by atoms with Gasteiger partial charge < -0.3 is 29.9 Å². The van der Waals surface area contributed by atoms with Gasteiger partial charge in [0.05, 0.1) is 17.7 Å². The van der Waals surface area contributed by atoms with Gasteiger partial charge in [0, 0.05) is 72.4 Å². The second-order valence-corrected chi connectivity index (χ2v) is 21.5. The third-order valence-electron chi connectivity index (χ3n) is 12.7. The van der Waals surface area contributed by atoms with Gasteiger partial charge in [0.25, 0.3) is 0 Å². The van der Waals surface area contributed by atoms with Crippen LogP contribution in [0.2, 0.25) is 5.02 Å². The molecule has 0 bridgehead atoms. The largest absolute Gasteiger partial charge is 0.508 e. The highest BCUT2D eigenvalue weighted by Crippen LogP contribution is 2.42. The zero-order valence-corrected chi connectivity index (χ0v) is 42.7. The lowest BCUT2D eigenvalue weighted by Gasteiger charge is -2.32. The van der Waals surface area contributed by atoms with Crippen LogP contribution >= 0.6 is 34.3 Å². The number of ketones is 1. The fourth-order valence-corrected chi connectivity index (χ4v) is 11.2. The molecule has 8 rings (SSSR count). The van der Waals surface area contributed by atoms with E-state index >= 15 is 0 Å². The Morgan fingerprint density at radius 3 is 2.25 bits per heavy atom. The smallest absolute Gasteiger partial charge is 0.223 e. The van der Waals surface area contributed by atoms with Gasteiger partial charge in [0.15, 0.2) is 11.6 Å². The van der Waals surface area contributed by atoms with E-state index in [4.69, 9.17) is 26.1 Å². The predicted molar refractivity (Wildman–Crippen MR) is 277 cm³/mol. The highest BCUT2D eigenvalue weighted by atomic mass is 35.5. The van der Waals surface area contributed by atoms with Crippen molar-refractivity contribution in [1.29, 1.82) is 0 Å². The number of halogens is 1. The minimum Gasteiger partial charge on any atom is -0.508 e. The van der Waals surface area contributed by atoms with Crippen molar-refractivity contribution >= 4 is 61.8 Å². The Hall–Kier alpha value is -5.90. The fourth-order valence-electron chi connectivity index (χ4n) is 8.58. The van der Waals surface area contributed by atoms with Crippen molar-refractivity contribution in [2.75, 3.05) is 32.8 Å². The second kappa shape index (κ2) is 20.6. The number of phenols is 2. The summed E-state index contributed by atoms with van der Waals surface area (Å²) in [5.41, 5.74) is 4.84. The first-order chi connectivity index (χ1) is 32.9. The number of aromatic hydroxyl groups is 2. The molecule has 15 heteroatoms. The van der Waals surface area contributed by atoms with Gasteiger partial charge in [-0.25, -0.2) is 0 Å². The zero-order chi connectivity index (χ0) is 49.2. The summed E-state index contributed by atoms with van der Waals surface area (Å²) in [6.07, 6.45) is 1.51. The van der Waals surface area contributed by atoms with Crippen molar-refractivity contribution in [3.05, 3.63) is 140 Å². The summed E-state index contributed by atoms with van der Waals surface area (Å²) < 4.78 is 15.5. The number of aryl methyl sites for hydroxylation is 2. The first-order valence-electron chi connectivity index (χ1n) is 23.3. The average Bonchev–Trinajstić information content (AvgIpc) is 3.94. The molecule has 3 N–H and O–H groups in total. The Morgan fingerprint density at radius 2 is 1.54 bits per heavy atom. The molecule has 0 spiro atoms. The lowest BCUT2D eigenvalue weighted by molar-refractivity contribution is -0.123. The molecular weight excluding hydrogens is 928 g/mol. The van der Waals surface area contributed by atoms with Crippen LogP contribution in [0.1, 0.15) is 109 Å². The average molecular weight is 988 g/mol. The number of hydrogen-bond donors (Lipinski definition) is 3. The molecule has 12 nitrogen and oxygen atoms in total. The highest BCUT2D eigenvalue weighted by molar-refractivity contribution is 7.22. The third kappa shape index (κ3) is 11.3. The normalized spacial score (nSPS) is 13.8. The van der Waals surface area contributed by atoms with E-state index in [1.165, 1.54) is 16.2 Å². The number of thiophene rings is 2. The van der Waals surface area contributed by atoms with Crippen molar-refractivity contribution in [2.24, 2.45) is 4.99 Å². The number of ether oxygens (including phenoxy) is 2. The van der Waals surface area contributed by atoms with E-state index in [0.717, 1.165) is 73.3 Å². The molecule has 1 atom stereocenters. The van der Waals surface area contributed by atoms with E-state index in [-0.39, 0.29) is 29.6 Å². The zero-order valence-electron chi connectivity index (χ0n) is 40.4. The van der Waals surface area contributed by atoms with Gasteiger partial charge in [-0.2, -0.15) is 0 Å². The number of benzene rings is 4. The first kappa shape index (κ1) is 49.5. The molecule has 4 aromatic carbocycles. The van der Waals surface area contributed by atoms with Gasteiger partial charge in [-0.15, -0.1) is 32.9 Å². The molecule has 1 aliphatic heterocycles. The van der Waals surface area contributed by atoms with Crippen LogP contribution in [0.5, 0.6) is 17.2 Å². The molecule has 1 aliphatic rings. The number of carbonyl (C=O) groups excluding carboxylic acids is 2. The number of aliphatic imine (C=N–C) groups is 1. The number of aromatic nitrogens is 3. The Labute approximate surface area is 416 Å². The third-order valence-corrected chi connectivity index (χ3v) is 15.4. The molecule has 4 heterocycles. The number of rotatable bonds is 19. The molecule has 0 unspecified atom stereocenters. The standard InChI is InChI=1S/C54H59ClN6O6S2/c1-9-60(27-29-66-41-21-14-36(15-22-41)49(65)47-42-23-20-40(63)30-44(42)69-50(47)37-12-18-39(62)19-13-37)26-24-54(7,8)67-28-25-53(5,6)57-45(64)31-43-51-59-58-34(4)61(51)52-46(32(2)33(3)68-52)48(56-43)35-10-16-38(55)17-11-35/h10-23,30,43,62-63H,9,24-29,31H2,1-8H3,(H,57,64)/t43-/m0/s1. The van der Waals surface area contributed by atoms with Crippen LogP contribution in [-0.4, -0.2) is 91.3 Å². The lowest BCUT2D eigenvalue weighted by atomic mass is 9.97. The molecule has 7 aromatic rings. The fraction of sp³-hybridized carbons (Fsp3) is 0.352. The number of nitrogens with one attached hydrogen (secondary N) is 1. The minimum absolute atomic E-state index is 0.101. The van der Waals surface area contributed by atoms with E-state index < -0.39 is 17.2 Å². The van der Waals surface area contributed by atoms with Crippen molar-refractivity contribution in [1.82, 2.24) is 25.0 Å². The second-order valence-electron chi connectivity index (χ2n) is 18.8. The van der Waals surface area contributed by atoms with E-state index in [9.17, 15) is 19.8 Å². The number of hydrogen-bond acceptors (Lipinski definition) is 12. The number of amides is 1. The Kier molecular flexibility index (Phi) is 14.8. The van der Waals surface area contributed by atoms with Crippen molar-refractivity contribution in [2.45, 2.75) is 91.8 Å². The highest BCUT2D eigenvalue weighted by Gasteiger charge is 2.34. The molecular formula is C54H59ClN6O6S2. The molecule has 0 fully saturated rings. The first-order valence-corrected chi connectivity index (χ1v) is 25.3. The summed E-state index contributed by atoms with van der Waals surface area (Å²) in [7, 11) is 0. The van der Waals surface area contributed by atoms with Gasteiger partial charge in [-0.1, -0.05) is 30.7 Å². The van der Waals surface area contributed by atoms with E-state index in [0.29, 0.717) is 53.9 Å². The number of nitrogens with zero attached hydrogens (tertiary/aromatic N) is 5. The Morgan fingerprint density at radius 1 is 0.841 bits per heavy atom. The lowest BCUT2D eigenvalue weighted by Crippen LogP contribution is -2.45. The summed E-state index contributed by atoms with van der Waals surface area (Å²) in [6, 6.07) is 26.1. The van der Waals surface area contributed by atoms with Gasteiger partial charge >= 0.3 is 0 Å². The van der Waals surface area contributed by atoms with E-state index in [2.05, 4.69) is 59.6 Å². The predicted octanol–water partition coefficient (Wildman–Crippen LogP) is 11.6. The Bertz CT molecular complexity index is 3010. The molecule has 360 valence electrons. The number of fused-ring (bicyclic) bond motifs is 4. The summed E-state index contributed by atoms with van der Waals surface area (Å²) in [4.78, 5) is 37.5. The van der Waals surface area contributed by atoms with Crippen molar-refractivity contribution in [3.63, 3.8) is 0 Å². The van der Waals surface area contributed by atoms with Crippen LogP contribution < -0.4 is 10.1 Å². The van der Waals surface area contributed by atoms with Crippen LogP contribution in [0.15, 0.2) is 96.0 Å². The summed E-state index contributed by atoms with van der Waals surface area (Å²) >= 11 is 9.40. The van der Waals surface area contributed by atoms with Crippen LogP contribution in [0.25, 0.3) is 25.5 Å². The molecule has 0 aliphatic carbocycles. The maximum atomic E-state index is 14.0. The van der Waals surface area contributed by atoms with Gasteiger partial charge in [-0.05, 0) is 158 Å². The van der Waals surface area contributed by atoms with Crippen LogP contribution in [0, 0.1) is 20.8 Å². The molecule has 0 saturated carbocycles. The van der Waals surface area contributed by atoms with Crippen molar-refractivity contribution in [3.8, 4) is 32.7 Å². The van der Waals surface area contributed by atoms with Gasteiger partial charge in [0.1, 0.15) is 40.7 Å². The molecule has 3 aromatic heterocycles. The quantitative estimate of drug-likeness (QED) is 0.0673. The SMILES string of the molecule is CCN(CCOc1ccc(C(=O)c2c(-c3ccc(O)cc3)sc3cc(O)ccc23)cc1)CCC(C)(C)OCCC(C)(C)NC(=O)C[C@@H]1N=C(c2ccc(Cl)cc2)c2c(sc(C)c2C)-n2c(C)nnc21. The monoisotopic (exact) mass is 986 g/mol. The molecule has 0 saturated heterocycles. The van der Waals surface area contributed by atoms with Crippen LogP contribution in [0.3, 0.4) is 0 Å². The minimum atomic E-state index is -0.561. The number of phenolic OH excluding ortho intramolecular Hbond substituents is 2. The van der Waals surface area contributed by atoms with Crippen LogP contribution in [-0.2, 0) is 9.53 Å². The van der Waals surface area contributed by atoms with Crippen LogP contribution in [0.4, 0.5) is 0 Å². The summed E-state index contributed by atoms with van der Waals surface area (Å²) in [5.74, 6) is 2.07. The summed E-state index contributed by atoms with van der Waals surface area (Å²) in [5, 5.41) is 34.7. The van der Waals surface area contributed by atoms with Gasteiger partial charge in [0.2, 0.25) is 5.91 Å². The van der Waals surface area contributed by atoms with Crippen molar-refractivity contribution < 1.29 is 29.3 Å². The summed E-state index contributed by atoms with van der Waals surface area (Å²) in [6.45, 7) is 19.8. The molecule has 69 heavy (non-hydrogen) atoms. The topological polar surface area (TPSA) is 151 Å². The Balaban J connectivity index is 0.821. The van der Waals surface area contributed by atoms with E-state index in [1.807, 2.05) is 57.2 Å². The number of carbonyl (C=O) groups is 2. The number of likely N-dealkylation sites (N-methyl/N-ethyl adjacent to an activating group) is 1. The molecule has 0 radical (unpaired) electrons. The maximum absolute atomic E-state index is 14.0.